The number of hydrogen-bond donors (Lipinski definition) is 2. The number of phenols is 1. The van der Waals surface area contributed by atoms with Crippen molar-refractivity contribution in [3.05, 3.63) is 68.7 Å². The maximum absolute atomic E-state index is 12.5. The molecule has 0 spiro atoms. The van der Waals surface area contributed by atoms with Crippen molar-refractivity contribution < 1.29 is 9.90 Å². The van der Waals surface area contributed by atoms with Crippen LogP contribution in [0.25, 0.3) is 10.9 Å². The first kappa shape index (κ1) is 17.2. The molecule has 1 aromatic heterocycles. The van der Waals surface area contributed by atoms with Gasteiger partial charge in [-0.3, -0.25) is 14.2 Å². The summed E-state index contributed by atoms with van der Waals surface area (Å²) in [5.41, 5.74) is 3.53. The number of hydrazone groups is 1. The van der Waals surface area contributed by atoms with Crippen molar-refractivity contribution in [3.8, 4) is 5.75 Å². The van der Waals surface area contributed by atoms with Crippen molar-refractivity contribution in [3.63, 3.8) is 0 Å². The van der Waals surface area contributed by atoms with Crippen LogP contribution < -0.4 is 11.0 Å². The average Bonchev–Trinajstić information content (AvgIpc) is 3.13. The van der Waals surface area contributed by atoms with Gasteiger partial charge >= 0.3 is 0 Å². The third kappa shape index (κ3) is 3.29. The topological polar surface area (TPSA) is 96.6 Å². The van der Waals surface area contributed by atoms with E-state index in [1.165, 1.54) is 18.3 Å². The molecule has 8 heteroatoms. The van der Waals surface area contributed by atoms with Crippen LogP contribution in [0.15, 0.2) is 46.3 Å². The van der Waals surface area contributed by atoms with Gasteiger partial charge in [0.15, 0.2) is 0 Å². The summed E-state index contributed by atoms with van der Waals surface area (Å²) >= 11 is 5.87. The highest BCUT2D eigenvalue weighted by atomic mass is 35.5. The summed E-state index contributed by atoms with van der Waals surface area (Å²) in [6.07, 6.45) is 2.96. The molecule has 7 nitrogen and oxygen atoms in total. The minimum atomic E-state index is -0.447. The number of aryl methyl sites for hydroxylation is 1. The first-order chi connectivity index (χ1) is 13.0. The van der Waals surface area contributed by atoms with Crippen LogP contribution in [0, 0.1) is 0 Å². The molecule has 2 aromatic carbocycles. The maximum Gasteiger partial charge on any atom is 0.271 e. The number of rotatable bonds is 3. The summed E-state index contributed by atoms with van der Waals surface area (Å²) in [7, 11) is 0. The van der Waals surface area contributed by atoms with E-state index in [-0.39, 0.29) is 11.3 Å². The Morgan fingerprint density at radius 2 is 2.15 bits per heavy atom. The Labute approximate surface area is 158 Å². The summed E-state index contributed by atoms with van der Waals surface area (Å²) in [5.74, 6) is 0.304. The van der Waals surface area contributed by atoms with Crippen LogP contribution >= 0.6 is 11.6 Å². The Balaban J connectivity index is 1.58. The van der Waals surface area contributed by atoms with Crippen molar-refractivity contribution in [2.24, 2.45) is 5.10 Å². The number of carbonyl (C=O) groups excluding carboxylic acids is 1. The number of phenolic OH excluding ortho intramolecular Hbond substituents is 1. The standard InChI is InChI=1S/C19H15ClN4O3/c20-13-4-6-16(25)12(8-13)10-21-23-18(26)11-3-5-14-15(9-11)22-17-2-1-7-24(17)19(14)27/h3-6,8-10,25H,1-2,7H2,(H,23,26)/b21-10+. The molecule has 0 fully saturated rings. The Kier molecular flexibility index (Phi) is 4.37. The van der Waals surface area contributed by atoms with Gasteiger partial charge in [-0.25, -0.2) is 10.4 Å². The molecule has 2 N–H and O–H groups in total. The second-order valence-corrected chi connectivity index (χ2v) is 6.66. The fourth-order valence-corrected chi connectivity index (χ4v) is 3.26. The Bertz CT molecular complexity index is 1150. The molecule has 27 heavy (non-hydrogen) atoms. The minimum Gasteiger partial charge on any atom is -0.507 e. The van der Waals surface area contributed by atoms with E-state index in [1.807, 2.05) is 0 Å². The molecule has 0 aliphatic carbocycles. The van der Waals surface area contributed by atoms with E-state index in [9.17, 15) is 14.7 Å². The largest absolute Gasteiger partial charge is 0.507 e. The van der Waals surface area contributed by atoms with E-state index in [2.05, 4.69) is 15.5 Å². The van der Waals surface area contributed by atoms with Gasteiger partial charge in [-0.05, 0) is 42.8 Å². The number of aromatic hydroxyl groups is 1. The van der Waals surface area contributed by atoms with Crippen LogP contribution in [-0.2, 0) is 13.0 Å². The maximum atomic E-state index is 12.5. The van der Waals surface area contributed by atoms with Crippen LogP contribution in [0.1, 0.15) is 28.2 Å². The number of nitrogens with zero attached hydrogens (tertiary/aromatic N) is 3. The normalized spacial score (nSPS) is 13.2. The van der Waals surface area contributed by atoms with Crippen LogP contribution in [0.4, 0.5) is 0 Å². The van der Waals surface area contributed by atoms with Crippen LogP contribution in [0.3, 0.4) is 0 Å². The zero-order chi connectivity index (χ0) is 19.0. The molecule has 0 radical (unpaired) electrons. The molecule has 3 aromatic rings. The predicted molar refractivity (Wildman–Crippen MR) is 103 cm³/mol. The fraction of sp³-hybridized carbons (Fsp3) is 0.158. The van der Waals surface area contributed by atoms with Crippen LogP contribution in [-0.4, -0.2) is 26.8 Å². The van der Waals surface area contributed by atoms with E-state index in [0.29, 0.717) is 33.6 Å². The number of carbonyl (C=O) groups is 1. The Hall–Kier alpha value is -3.19. The van der Waals surface area contributed by atoms with Crippen molar-refractivity contribution in [1.82, 2.24) is 15.0 Å². The molecule has 2 heterocycles. The van der Waals surface area contributed by atoms with Crippen molar-refractivity contribution >= 4 is 34.6 Å². The number of nitrogens with one attached hydrogen (secondary N) is 1. The van der Waals surface area contributed by atoms with Crippen LogP contribution in [0.2, 0.25) is 5.02 Å². The van der Waals surface area contributed by atoms with Crippen molar-refractivity contribution in [2.75, 3.05) is 0 Å². The summed E-state index contributed by atoms with van der Waals surface area (Å²) in [4.78, 5) is 29.3. The highest BCUT2D eigenvalue weighted by molar-refractivity contribution is 6.30. The molecule has 0 unspecified atom stereocenters. The van der Waals surface area contributed by atoms with Gasteiger partial charge in [0.1, 0.15) is 11.6 Å². The fourth-order valence-electron chi connectivity index (χ4n) is 3.08. The van der Waals surface area contributed by atoms with Gasteiger partial charge in [-0.15, -0.1) is 0 Å². The lowest BCUT2D eigenvalue weighted by atomic mass is 10.1. The minimum absolute atomic E-state index is 0.00151. The number of aromatic nitrogens is 2. The molecule has 0 saturated heterocycles. The highest BCUT2D eigenvalue weighted by Gasteiger charge is 2.17. The second kappa shape index (κ2) is 6.85. The predicted octanol–water partition coefficient (Wildman–Crippen LogP) is 2.47. The molecule has 0 bridgehead atoms. The second-order valence-electron chi connectivity index (χ2n) is 6.22. The van der Waals surface area contributed by atoms with Gasteiger partial charge in [0.25, 0.3) is 11.5 Å². The monoisotopic (exact) mass is 382 g/mol. The molecular weight excluding hydrogens is 368 g/mol. The van der Waals surface area contributed by atoms with Gasteiger partial charge in [0, 0.05) is 29.1 Å². The van der Waals surface area contributed by atoms with E-state index in [1.54, 1.807) is 28.8 Å². The van der Waals surface area contributed by atoms with E-state index < -0.39 is 5.91 Å². The third-order valence-electron chi connectivity index (χ3n) is 4.44. The first-order valence-corrected chi connectivity index (χ1v) is 8.76. The summed E-state index contributed by atoms with van der Waals surface area (Å²) in [6, 6.07) is 9.27. The van der Waals surface area contributed by atoms with Gasteiger partial charge in [0.05, 0.1) is 17.1 Å². The van der Waals surface area contributed by atoms with E-state index in [0.717, 1.165) is 18.7 Å². The summed E-state index contributed by atoms with van der Waals surface area (Å²) < 4.78 is 1.68. The lowest BCUT2D eigenvalue weighted by Crippen LogP contribution is -2.22. The third-order valence-corrected chi connectivity index (χ3v) is 4.67. The van der Waals surface area contributed by atoms with Gasteiger partial charge in [-0.1, -0.05) is 11.6 Å². The first-order valence-electron chi connectivity index (χ1n) is 8.38. The summed E-state index contributed by atoms with van der Waals surface area (Å²) in [5, 5.41) is 14.5. The average molecular weight is 383 g/mol. The number of benzene rings is 2. The highest BCUT2D eigenvalue weighted by Crippen LogP contribution is 2.19. The van der Waals surface area contributed by atoms with Gasteiger partial charge in [-0.2, -0.15) is 5.10 Å². The summed E-state index contributed by atoms with van der Waals surface area (Å²) in [6.45, 7) is 0.685. The number of hydrogen-bond acceptors (Lipinski definition) is 5. The number of amides is 1. The van der Waals surface area contributed by atoms with E-state index in [4.69, 9.17) is 11.6 Å². The van der Waals surface area contributed by atoms with E-state index >= 15 is 0 Å². The Morgan fingerprint density at radius 3 is 3.00 bits per heavy atom. The molecule has 0 saturated carbocycles. The molecule has 0 atom stereocenters. The van der Waals surface area contributed by atoms with Crippen molar-refractivity contribution in [1.29, 1.82) is 0 Å². The smallest absolute Gasteiger partial charge is 0.271 e. The van der Waals surface area contributed by atoms with Crippen LogP contribution in [0.5, 0.6) is 5.75 Å². The van der Waals surface area contributed by atoms with Gasteiger partial charge < -0.3 is 5.11 Å². The van der Waals surface area contributed by atoms with Crippen molar-refractivity contribution in [2.45, 2.75) is 19.4 Å². The lowest BCUT2D eigenvalue weighted by molar-refractivity contribution is 0.0955. The molecule has 136 valence electrons. The zero-order valence-electron chi connectivity index (χ0n) is 14.1. The SMILES string of the molecule is O=C(N/N=C/c1cc(Cl)ccc1O)c1ccc2c(=O)n3c(nc2c1)CCC3. The number of fused-ring (bicyclic) bond motifs is 2. The number of halogens is 1. The molecule has 4 rings (SSSR count). The van der Waals surface area contributed by atoms with Gasteiger partial charge in [0.2, 0.25) is 0 Å². The quantitative estimate of drug-likeness (QED) is 0.537. The Morgan fingerprint density at radius 1 is 1.30 bits per heavy atom. The molecular formula is C19H15ClN4O3. The lowest BCUT2D eigenvalue weighted by Gasteiger charge is -2.06. The molecule has 1 aliphatic heterocycles. The molecule has 1 amide bonds. The zero-order valence-corrected chi connectivity index (χ0v) is 14.9. The molecule has 1 aliphatic rings.